The lowest BCUT2D eigenvalue weighted by atomic mass is 10.1. The molecule has 196 valence electrons. The fourth-order valence-corrected chi connectivity index (χ4v) is 5.85. The van der Waals surface area contributed by atoms with Gasteiger partial charge in [-0.05, 0) is 75.3 Å². The lowest BCUT2D eigenvalue weighted by molar-refractivity contribution is 0.413. The van der Waals surface area contributed by atoms with E-state index in [1.165, 1.54) is 35.6 Å². The molecular weight excluding hydrogens is 505 g/mol. The van der Waals surface area contributed by atoms with Gasteiger partial charge >= 0.3 is 5.69 Å². The summed E-state index contributed by atoms with van der Waals surface area (Å²) < 4.78 is 24.0. The minimum absolute atomic E-state index is 0.0288. The SMILES string of the molecule is CNC(C)Cn1c(=O)n(-c2ccc(F)cc2)c(=O)c2c(C)c(-c3ccc(-n4cnc(C)c4)c(OC)c3)sc21. The summed E-state index contributed by atoms with van der Waals surface area (Å²) in [4.78, 5) is 33.2. The Balaban J connectivity index is 1.76. The van der Waals surface area contributed by atoms with Gasteiger partial charge in [0, 0.05) is 23.7 Å². The number of imidazole rings is 1. The predicted octanol–water partition coefficient (Wildman–Crippen LogP) is 4.44. The number of thiophene rings is 1. The van der Waals surface area contributed by atoms with Gasteiger partial charge in [-0.2, -0.15) is 0 Å². The highest BCUT2D eigenvalue weighted by Gasteiger charge is 2.23. The summed E-state index contributed by atoms with van der Waals surface area (Å²) in [7, 11) is 3.44. The average molecular weight is 534 g/mol. The van der Waals surface area contributed by atoms with Crippen molar-refractivity contribution in [2.45, 2.75) is 33.4 Å². The van der Waals surface area contributed by atoms with Gasteiger partial charge in [0.05, 0.1) is 35.9 Å². The molecule has 38 heavy (non-hydrogen) atoms. The molecule has 0 aliphatic rings. The largest absolute Gasteiger partial charge is 0.495 e. The van der Waals surface area contributed by atoms with E-state index < -0.39 is 17.1 Å². The van der Waals surface area contributed by atoms with E-state index in [-0.39, 0.29) is 6.04 Å². The van der Waals surface area contributed by atoms with Crippen LogP contribution in [0.25, 0.3) is 32.0 Å². The van der Waals surface area contributed by atoms with Crippen molar-refractivity contribution in [1.82, 2.24) is 24.0 Å². The molecule has 5 aromatic rings. The molecule has 0 radical (unpaired) electrons. The third-order valence-corrected chi connectivity index (χ3v) is 8.04. The zero-order valence-electron chi connectivity index (χ0n) is 21.8. The molecule has 0 saturated carbocycles. The van der Waals surface area contributed by atoms with E-state index in [0.29, 0.717) is 28.2 Å². The Hall–Kier alpha value is -4.02. The Kier molecular flexibility index (Phi) is 6.77. The van der Waals surface area contributed by atoms with E-state index in [0.717, 1.165) is 32.0 Å². The molecule has 2 aromatic carbocycles. The van der Waals surface area contributed by atoms with Crippen molar-refractivity contribution in [1.29, 1.82) is 0 Å². The number of benzene rings is 2. The molecule has 0 saturated heterocycles. The molecule has 0 fully saturated rings. The Morgan fingerprint density at radius 1 is 1.13 bits per heavy atom. The first kappa shape index (κ1) is 25.6. The van der Waals surface area contributed by atoms with E-state index >= 15 is 0 Å². The van der Waals surface area contributed by atoms with Gasteiger partial charge in [-0.15, -0.1) is 11.3 Å². The zero-order chi connectivity index (χ0) is 27.1. The molecule has 0 aliphatic carbocycles. The summed E-state index contributed by atoms with van der Waals surface area (Å²) in [5.41, 5.74) is 2.80. The van der Waals surface area contributed by atoms with Crippen LogP contribution in [0.1, 0.15) is 18.2 Å². The molecule has 0 spiro atoms. The number of likely N-dealkylation sites (N-methyl/N-ethyl adjacent to an activating group) is 1. The molecule has 5 rings (SSSR count). The summed E-state index contributed by atoms with van der Waals surface area (Å²) in [6, 6.07) is 11.2. The molecular formula is C28H28FN5O3S. The number of fused-ring (bicyclic) bond motifs is 1. The number of halogens is 1. The van der Waals surface area contributed by atoms with Crippen molar-refractivity contribution in [3.8, 4) is 27.6 Å². The van der Waals surface area contributed by atoms with Crippen molar-refractivity contribution >= 4 is 21.6 Å². The number of ether oxygens (including phenoxy) is 1. The summed E-state index contributed by atoms with van der Waals surface area (Å²) in [6.07, 6.45) is 3.65. The maximum atomic E-state index is 13.8. The molecule has 3 aromatic heterocycles. The van der Waals surface area contributed by atoms with Gasteiger partial charge in [0.2, 0.25) is 0 Å². The lowest BCUT2D eigenvalue weighted by Crippen LogP contribution is -2.41. The van der Waals surface area contributed by atoms with Gasteiger partial charge in [0.15, 0.2) is 0 Å². The smallest absolute Gasteiger partial charge is 0.336 e. The summed E-state index contributed by atoms with van der Waals surface area (Å²) in [5.74, 6) is 0.214. The highest BCUT2D eigenvalue weighted by molar-refractivity contribution is 7.22. The molecule has 1 atom stereocenters. The van der Waals surface area contributed by atoms with E-state index in [1.807, 2.05) is 56.8 Å². The first-order valence-electron chi connectivity index (χ1n) is 12.1. The number of hydrogen-bond donors (Lipinski definition) is 1. The molecule has 10 heteroatoms. The second-order valence-corrected chi connectivity index (χ2v) is 10.2. The van der Waals surface area contributed by atoms with Crippen LogP contribution < -0.4 is 21.3 Å². The summed E-state index contributed by atoms with van der Waals surface area (Å²) >= 11 is 1.40. The van der Waals surface area contributed by atoms with Crippen LogP contribution >= 0.6 is 11.3 Å². The second-order valence-electron chi connectivity index (χ2n) is 9.25. The number of hydrogen-bond acceptors (Lipinski definition) is 6. The monoisotopic (exact) mass is 533 g/mol. The van der Waals surface area contributed by atoms with Crippen molar-refractivity contribution in [2.75, 3.05) is 14.2 Å². The average Bonchev–Trinajstić information content (AvgIpc) is 3.50. The molecule has 0 bridgehead atoms. The fraction of sp³-hybridized carbons (Fsp3) is 0.250. The van der Waals surface area contributed by atoms with Gasteiger partial charge < -0.3 is 14.6 Å². The zero-order valence-corrected chi connectivity index (χ0v) is 22.6. The van der Waals surface area contributed by atoms with Crippen LogP contribution in [0.2, 0.25) is 0 Å². The third kappa shape index (κ3) is 4.35. The fourth-order valence-electron chi connectivity index (χ4n) is 4.55. The van der Waals surface area contributed by atoms with Crippen molar-refractivity contribution < 1.29 is 9.13 Å². The highest BCUT2D eigenvalue weighted by Crippen LogP contribution is 2.39. The van der Waals surface area contributed by atoms with Crippen LogP contribution in [0.4, 0.5) is 4.39 Å². The number of aryl methyl sites for hydroxylation is 2. The minimum Gasteiger partial charge on any atom is -0.495 e. The van der Waals surface area contributed by atoms with Gasteiger partial charge in [-0.3, -0.25) is 9.36 Å². The Morgan fingerprint density at radius 3 is 2.50 bits per heavy atom. The first-order chi connectivity index (χ1) is 18.2. The second kappa shape index (κ2) is 10.0. The van der Waals surface area contributed by atoms with Crippen LogP contribution in [0.15, 0.2) is 64.6 Å². The topological polar surface area (TPSA) is 83.1 Å². The van der Waals surface area contributed by atoms with Gasteiger partial charge in [0.25, 0.3) is 5.56 Å². The molecule has 1 unspecified atom stereocenters. The highest BCUT2D eigenvalue weighted by atomic mass is 32.1. The van der Waals surface area contributed by atoms with E-state index in [9.17, 15) is 14.0 Å². The standard InChI is InChI=1S/C28H28FN5O3S/c1-16(30-4)14-33-27-24(26(35)34(28(33)36)21-9-7-20(29)8-10-21)18(3)25(38-27)19-6-11-22(23(12-19)37-5)32-13-17(2)31-15-32/h6-13,15-16,30H,14H2,1-5H3. The Bertz CT molecular complexity index is 1760. The normalized spacial score (nSPS) is 12.3. The van der Waals surface area contributed by atoms with E-state index in [2.05, 4.69) is 10.3 Å². The van der Waals surface area contributed by atoms with Crippen LogP contribution in [0, 0.1) is 19.7 Å². The summed E-state index contributed by atoms with van der Waals surface area (Å²) in [6.45, 7) is 6.13. The Morgan fingerprint density at radius 2 is 1.87 bits per heavy atom. The molecule has 3 heterocycles. The quantitative estimate of drug-likeness (QED) is 0.335. The maximum absolute atomic E-state index is 13.8. The summed E-state index contributed by atoms with van der Waals surface area (Å²) in [5, 5.41) is 3.63. The number of rotatable bonds is 7. The van der Waals surface area contributed by atoms with E-state index in [1.54, 1.807) is 18.0 Å². The third-order valence-electron chi connectivity index (χ3n) is 6.68. The number of nitrogens with zero attached hydrogens (tertiary/aromatic N) is 4. The number of nitrogens with one attached hydrogen (secondary N) is 1. The van der Waals surface area contributed by atoms with Crippen molar-refractivity contribution in [2.24, 2.45) is 0 Å². The molecule has 0 amide bonds. The van der Waals surface area contributed by atoms with Crippen molar-refractivity contribution in [3.63, 3.8) is 0 Å². The lowest BCUT2D eigenvalue weighted by Gasteiger charge is -2.16. The number of aromatic nitrogens is 4. The molecule has 0 aliphatic heterocycles. The van der Waals surface area contributed by atoms with Gasteiger partial charge in [-0.1, -0.05) is 6.07 Å². The van der Waals surface area contributed by atoms with Crippen LogP contribution in [-0.4, -0.2) is 38.9 Å². The predicted molar refractivity (Wildman–Crippen MR) is 149 cm³/mol. The van der Waals surface area contributed by atoms with Crippen LogP contribution in [0.3, 0.4) is 0 Å². The minimum atomic E-state index is -0.465. The van der Waals surface area contributed by atoms with Crippen LogP contribution in [0.5, 0.6) is 5.75 Å². The van der Waals surface area contributed by atoms with Crippen LogP contribution in [-0.2, 0) is 6.54 Å². The first-order valence-corrected chi connectivity index (χ1v) is 13.0. The maximum Gasteiger partial charge on any atom is 0.336 e. The van der Waals surface area contributed by atoms with Crippen molar-refractivity contribution in [3.05, 3.63) is 92.9 Å². The molecule has 8 nitrogen and oxygen atoms in total. The van der Waals surface area contributed by atoms with E-state index in [4.69, 9.17) is 4.74 Å². The Labute approximate surface area is 222 Å². The number of methoxy groups -OCH3 is 1. The van der Waals surface area contributed by atoms with Gasteiger partial charge in [-0.25, -0.2) is 18.7 Å². The van der Waals surface area contributed by atoms with Gasteiger partial charge in [0.1, 0.15) is 16.4 Å². The molecule has 1 N–H and O–H groups in total.